The van der Waals surface area contributed by atoms with Gasteiger partial charge in [-0.1, -0.05) is 166 Å². The minimum Gasteiger partial charge on any atom is -0.457 e. The molecule has 0 saturated carbocycles. The molecule has 2 aliphatic carbocycles. The lowest BCUT2D eigenvalue weighted by molar-refractivity contribution is 0.388. The van der Waals surface area contributed by atoms with Crippen LogP contribution in [0, 0.1) is 0 Å². The van der Waals surface area contributed by atoms with Gasteiger partial charge in [0.25, 0.3) is 0 Å². The van der Waals surface area contributed by atoms with E-state index in [0.29, 0.717) is 0 Å². The number of nitrogens with zero attached hydrogens (tertiary/aromatic N) is 2. The lowest BCUT2D eigenvalue weighted by Gasteiger charge is -2.35. The molecule has 65 heavy (non-hydrogen) atoms. The Labute approximate surface area is 379 Å². The van der Waals surface area contributed by atoms with Crippen molar-refractivity contribution in [3.63, 3.8) is 0 Å². The first-order valence-corrected chi connectivity index (χ1v) is 22.6. The molecular weight excluding hydrogens is 793 g/mol. The molecule has 2 aliphatic heterocycles. The number of hydrogen-bond acceptors (Lipinski definition) is 4. The quantitative estimate of drug-likeness (QED) is 0.127. The van der Waals surface area contributed by atoms with Crippen LogP contribution in [0.15, 0.2) is 206 Å². The molecule has 0 saturated heterocycles. The van der Waals surface area contributed by atoms with E-state index in [4.69, 9.17) is 9.47 Å². The van der Waals surface area contributed by atoms with Gasteiger partial charge in [-0.15, -0.1) is 0 Å². The summed E-state index contributed by atoms with van der Waals surface area (Å²) >= 11 is 0. The highest BCUT2D eigenvalue weighted by atomic mass is 16.5. The third kappa shape index (κ3) is 5.84. The van der Waals surface area contributed by atoms with Crippen molar-refractivity contribution in [1.29, 1.82) is 0 Å². The Morgan fingerprint density at radius 1 is 0.492 bits per heavy atom. The van der Waals surface area contributed by atoms with E-state index in [0.717, 1.165) is 75.5 Å². The highest BCUT2D eigenvalue weighted by molar-refractivity contribution is 6.22. The topological polar surface area (TPSA) is 24.9 Å². The molecule has 310 valence electrons. The summed E-state index contributed by atoms with van der Waals surface area (Å²) in [5.41, 5.74) is 16.5. The van der Waals surface area contributed by atoms with Crippen molar-refractivity contribution in [2.45, 2.75) is 32.1 Å². The summed E-state index contributed by atoms with van der Waals surface area (Å²) in [7, 11) is 0. The fourth-order valence-corrected chi connectivity index (χ4v) is 10.7. The SMILES string of the molecule is CC1(C)c2cc(/C=C/c3ccc(-c4c5ccccc5c(N5c6ccccc6Oc6ccccc65)c5ccccc45)cc3)ccc2-c2ccc(N3C4=C(CCC=C4)Oc4ccccc43)cc21. The number of rotatable bonds is 5. The van der Waals surface area contributed by atoms with E-state index in [1.807, 2.05) is 12.1 Å². The molecule has 0 spiro atoms. The van der Waals surface area contributed by atoms with Crippen LogP contribution in [0.5, 0.6) is 17.2 Å². The highest BCUT2D eigenvalue weighted by Gasteiger charge is 2.37. The molecule has 0 aromatic heterocycles. The molecule has 2 heterocycles. The van der Waals surface area contributed by atoms with Gasteiger partial charge in [0.05, 0.1) is 28.4 Å². The van der Waals surface area contributed by atoms with Crippen molar-refractivity contribution >= 4 is 62.1 Å². The van der Waals surface area contributed by atoms with Gasteiger partial charge in [0.15, 0.2) is 17.2 Å². The molecular formula is C61H44N2O2. The Bertz CT molecular complexity index is 3430. The number of para-hydroxylation sites is 6. The summed E-state index contributed by atoms with van der Waals surface area (Å²) in [6, 6.07) is 65.7. The number of fused-ring (bicyclic) bond motifs is 8. The van der Waals surface area contributed by atoms with E-state index < -0.39 is 0 Å². The van der Waals surface area contributed by atoms with Gasteiger partial charge >= 0.3 is 0 Å². The van der Waals surface area contributed by atoms with E-state index in [1.165, 1.54) is 60.5 Å². The van der Waals surface area contributed by atoms with Gasteiger partial charge in [0, 0.05) is 28.3 Å². The number of benzene rings is 9. The molecule has 4 nitrogen and oxygen atoms in total. The van der Waals surface area contributed by atoms with Gasteiger partial charge < -0.3 is 19.3 Å². The molecule has 9 aromatic rings. The second-order valence-electron chi connectivity index (χ2n) is 18.0. The molecule has 4 heteroatoms. The standard InChI is InChI=1S/C61H44N2O2/c1-61(2)49-37-40(31-35-43(49)44-36-34-42(38-50(44)61)62-51-19-7-11-23-55(51)64-56-24-12-8-20-52(56)62)28-27-39-29-32-41(33-30-39)59-45-15-3-5-17-47(45)60(48-18-6-4-16-46(48)59)63-53-21-9-13-25-57(53)65-58-26-14-10-22-54(58)63/h3-11,13-23,25-38H,12,24H2,1-2H3/b28-27+. The van der Waals surface area contributed by atoms with Crippen LogP contribution in [-0.4, -0.2) is 0 Å². The molecule has 0 fully saturated rings. The predicted octanol–water partition coefficient (Wildman–Crippen LogP) is 16.8. The predicted molar refractivity (Wildman–Crippen MR) is 269 cm³/mol. The largest absolute Gasteiger partial charge is 0.457 e. The van der Waals surface area contributed by atoms with Gasteiger partial charge in [-0.2, -0.15) is 0 Å². The summed E-state index contributed by atoms with van der Waals surface area (Å²) in [5.74, 6) is 3.65. The minimum absolute atomic E-state index is 0.173. The Balaban J connectivity index is 0.833. The average Bonchev–Trinajstić information content (AvgIpc) is 3.58. The van der Waals surface area contributed by atoms with E-state index in [9.17, 15) is 0 Å². The third-order valence-electron chi connectivity index (χ3n) is 13.8. The third-order valence-corrected chi connectivity index (χ3v) is 13.8. The van der Waals surface area contributed by atoms with Crippen molar-refractivity contribution in [3.8, 4) is 39.5 Å². The molecule has 0 radical (unpaired) electrons. The second kappa shape index (κ2) is 14.5. The maximum Gasteiger partial charge on any atom is 0.151 e. The van der Waals surface area contributed by atoms with Crippen molar-refractivity contribution in [2.75, 3.05) is 9.80 Å². The van der Waals surface area contributed by atoms with Gasteiger partial charge in [-0.3, -0.25) is 0 Å². The normalized spacial score (nSPS) is 15.2. The Morgan fingerprint density at radius 3 is 1.68 bits per heavy atom. The zero-order valence-corrected chi connectivity index (χ0v) is 36.3. The average molecular weight is 837 g/mol. The second-order valence-corrected chi connectivity index (χ2v) is 18.0. The first-order chi connectivity index (χ1) is 32.0. The maximum absolute atomic E-state index is 6.44. The van der Waals surface area contributed by atoms with Crippen molar-refractivity contribution in [1.82, 2.24) is 0 Å². The van der Waals surface area contributed by atoms with Gasteiger partial charge in [-0.05, 0) is 116 Å². The molecule has 13 rings (SSSR count). The van der Waals surface area contributed by atoms with Crippen LogP contribution in [0.4, 0.5) is 28.4 Å². The maximum atomic E-state index is 6.44. The zero-order valence-electron chi connectivity index (χ0n) is 36.3. The molecule has 0 N–H and O–H groups in total. The number of hydrogen-bond donors (Lipinski definition) is 0. The van der Waals surface area contributed by atoms with Gasteiger partial charge in [0.1, 0.15) is 5.76 Å². The monoisotopic (exact) mass is 836 g/mol. The number of anilines is 5. The number of ether oxygens (including phenoxy) is 2. The first kappa shape index (κ1) is 37.5. The van der Waals surface area contributed by atoms with Crippen molar-refractivity contribution in [3.05, 3.63) is 228 Å². The minimum atomic E-state index is -0.173. The molecule has 4 aliphatic rings. The molecule has 0 atom stereocenters. The lowest BCUT2D eigenvalue weighted by Crippen LogP contribution is -2.25. The van der Waals surface area contributed by atoms with Crippen LogP contribution in [0.1, 0.15) is 48.9 Å². The van der Waals surface area contributed by atoms with E-state index in [2.05, 4.69) is 218 Å². The molecule has 0 bridgehead atoms. The summed E-state index contributed by atoms with van der Waals surface area (Å²) in [5, 5.41) is 4.80. The molecule has 0 amide bonds. The van der Waals surface area contributed by atoms with Crippen LogP contribution in [0.3, 0.4) is 0 Å². The fraction of sp³-hybridized carbons (Fsp3) is 0.0820. The molecule has 9 aromatic carbocycles. The zero-order chi connectivity index (χ0) is 43.2. The summed E-state index contributed by atoms with van der Waals surface area (Å²) in [4.78, 5) is 4.77. The Morgan fingerprint density at radius 2 is 1.02 bits per heavy atom. The summed E-state index contributed by atoms with van der Waals surface area (Å²) in [6.45, 7) is 4.73. The highest BCUT2D eigenvalue weighted by Crippen LogP contribution is 2.56. The summed E-state index contributed by atoms with van der Waals surface area (Å²) < 4.78 is 12.9. The van der Waals surface area contributed by atoms with E-state index >= 15 is 0 Å². The smallest absolute Gasteiger partial charge is 0.151 e. The van der Waals surface area contributed by atoms with Crippen LogP contribution in [0.2, 0.25) is 0 Å². The summed E-state index contributed by atoms with van der Waals surface area (Å²) in [6.07, 6.45) is 10.9. The van der Waals surface area contributed by atoms with Gasteiger partial charge in [-0.25, -0.2) is 0 Å². The van der Waals surface area contributed by atoms with Crippen LogP contribution >= 0.6 is 0 Å². The van der Waals surface area contributed by atoms with Crippen LogP contribution < -0.4 is 19.3 Å². The lowest BCUT2D eigenvalue weighted by atomic mass is 9.81. The first-order valence-electron chi connectivity index (χ1n) is 22.6. The van der Waals surface area contributed by atoms with E-state index in [1.54, 1.807) is 0 Å². The van der Waals surface area contributed by atoms with Crippen LogP contribution in [-0.2, 0) is 5.41 Å². The van der Waals surface area contributed by atoms with Crippen molar-refractivity contribution < 1.29 is 9.47 Å². The Hall–Kier alpha value is -8.08. The van der Waals surface area contributed by atoms with Gasteiger partial charge in [0.2, 0.25) is 0 Å². The van der Waals surface area contributed by atoms with E-state index in [-0.39, 0.29) is 5.41 Å². The van der Waals surface area contributed by atoms with Crippen LogP contribution in [0.25, 0.3) is 56.0 Å². The number of allylic oxidation sites excluding steroid dienone is 3. The van der Waals surface area contributed by atoms with Crippen molar-refractivity contribution in [2.24, 2.45) is 0 Å². The molecule has 0 unspecified atom stereocenters. The Kier molecular flexibility index (Phi) is 8.35. The fourth-order valence-electron chi connectivity index (χ4n) is 10.7.